The van der Waals surface area contributed by atoms with Gasteiger partial charge in [-0.2, -0.15) is 0 Å². The maximum absolute atomic E-state index is 12.2. The van der Waals surface area contributed by atoms with E-state index in [2.05, 4.69) is 6.58 Å². The van der Waals surface area contributed by atoms with Gasteiger partial charge in [-0.05, 0) is 24.6 Å². The number of amides is 1. The number of nitrogens with zero attached hydrogens (tertiary/aromatic N) is 1. The van der Waals surface area contributed by atoms with E-state index in [4.69, 9.17) is 9.15 Å². The van der Waals surface area contributed by atoms with E-state index < -0.39 is 11.7 Å². The van der Waals surface area contributed by atoms with Gasteiger partial charge in [0.05, 0.1) is 0 Å². The van der Waals surface area contributed by atoms with Crippen molar-refractivity contribution in [1.29, 1.82) is 0 Å². The van der Waals surface area contributed by atoms with Gasteiger partial charge in [-0.3, -0.25) is 4.79 Å². The fraction of sp³-hybridized carbons (Fsp3) is 0.294. The Morgan fingerprint density at radius 1 is 1.41 bits per heavy atom. The minimum absolute atomic E-state index is 0.0364. The molecule has 1 amide bonds. The Labute approximate surface area is 127 Å². The minimum atomic E-state index is -0.492. The fourth-order valence-electron chi connectivity index (χ4n) is 2.70. The van der Waals surface area contributed by atoms with Crippen LogP contribution in [0.3, 0.4) is 0 Å². The van der Waals surface area contributed by atoms with Crippen LogP contribution in [0.4, 0.5) is 0 Å². The van der Waals surface area contributed by atoms with Gasteiger partial charge in [-0.25, -0.2) is 4.79 Å². The number of benzene rings is 1. The van der Waals surface area contributed by atoms with Crippen LogP contribution in [0.5, 0.6) is 5.75 Å². The summed E-state index contributed by atoms with van der Waals surface area (Å²) >= 11 is 0. The van der Waals surface area contributed by atoms with E-state index in [1.165, 1.54) is 6.07 Å². The van der Waals surface area contributed by atoms with Crippen molar-refractivity contribution in [1.82, 2.24) is 4.90 Å². The van der Waals surface area contributed by atoms with Gasteiger partial charge < -0.3 is 14.1 Å². The molecule has 0 aliphatic carbocycles. The molecule has 1 unspecified atom stereocenters. The normalized spacial score (nSPS) is 18.0. The summed E-state index contributed by atoms with van der Waals surface area (Å²) < 4.78 is 11.0. The highest BCUT2D eigenvalue weighted by atomic mass is 16.5. The van der Waals surface area contributed by atoms with Crippen LogP contribution in [0.1, 0.15) is 12.0 Å². The summed E-state index contributed by atoms with van der Waals surface area (Å²) in [5.74, 6) is 0.491. The van der Waals surface area contributed by atoms with E-state index in [0.29, 0.717) is 30.8 Å². The fourth-order valence-corrected chi connectivity index (χ4v) is 2.70. The molecule has 5 heteroatoms. The summed E-state index contributed by atoms with van der Waals surface area (Å²) in [4.78, 5) is 25.3. The molecule has 0 N–H and O–H groups in total. The lowest BCUT2D eigenvalue weighted by Crippen LogP contribution is -2.32. The molecule has 0 bridgehead atoms. The third kappa shape index (κ3) is 2.62. The third-order valence-corrected chi connectivity index (χ3v) is 3.80. The number of fused-ring (bicyclic) bond motifs is 1. The first-order chi connectivity index (χ1) is 10.6. The summed E-state index contributed by atoms with van der Waals surface area (Å²) in [6.45, 7) is 6.69. The predicted octanol–water partition coefficient (Wildman–Crippen LogP) is 2.27. The summed E-state index contributed by atoms with van der Waals surface area (Å²) in [6, 6.07) is 6.74. The van der Waals surface area contributed by atoms with Crippen LogP contribution >= 0.6 is 0 Å². The molecule has 0 saturated carbocycles. The summed E-state index contributed by atoms with van der Waals surface area (Å²) in [5.41, 5.74) is 0.930. The first-order valence-electron chi connectivity index (χ1n) is 7.19. The Balaban J connectivity index is 1.84. The molecule has 1 aliphatic rings. The van der Waals surface area contributed by atoms with E-state index in [0.717, 1.165) is 10.9 Å². The Hall–Kier alpha value is -2.56. The third-order valence-electron chi connectivity index (χ3n) is 3.80. The van der Waals surface area contributed by atoms with Gasteiger partial charge in [-0.1, -0.05) is 6.08 Å². The first kappa shape index (κ1) is 14.4. The molecule has 5 nitrogen and oxygen atoms in total. The van der Waals surface area contributed by atoms with E-state index in [-0.39, 0.29) is 5.91 Å². The van der Waals surface area contributed by atoms with E-state index in [9.17, 15) is 9.59 Å². The number of likely N-dealkylation sites (tertiary alicyclic amines) is 1. The van der Waals surface area contributed by atoms with Crippen molar-refractivity contribution in [3.05, 3.63) is 52.9 Å². The number of aryl methyl sites for hydroxylation is 1. The zero-order valence-corrected chi connectivity index (χ0v) is 12.4. The SMILES string of the molecule is C=CCN1CCC(Oc2ccc3c(C)cc(=O)oc3c2)C1=O. The predicted molar refractivity (Wildman–Crippen MR) is 83.0 cm³/mol. The number of carbonyl (C=O) groups excluding carboxylic acids is 1. The molecule has 114 valence electrons. The molecule has 0 radical (unpaired) electrons. The Morgan fingerprint density at radius 2 is 2.23 bits per heavy atom. The molecule has 3 rings (SSSR count). The van der Waals surface area contributed by atoms with Crippen molar-refractivity contribution in [2.75, 3.05) is 13.1 Å². The molecule has 1 fully saturated rings. The van der Waals surface area contributed by atoms with Gasteiger partial charge in [0.2, 0.25) is 0 Å². The molecule has 1 aliphatic heterocycles. The number of ether oxygens (including phenoxy) is 1. The van der Waals surface area contributed by atoms with Gasteiger partial charge in [-0.15, -0.1) is 6.58 Å². The molecular formula is C17H17NO4. The van der Waals surface area contributed by atoms with Crippen LogP contribution in [0, 0.1) is 6.92 Å². The minimum Gasteiger partial charge on any atom is -0.480 e. The second-order valence-electron chi connectivity index (χ2n) is 5.37. The molecule has 0 spiro atoms. The second kappa shape index (κ2) is 5.67. The Morgan fingerprint density at radius 3 is 3.00 bits per heavy atom. The maximum atomic E-state index is 12.2. The van der Waals surface area contributed by atoms with Crippen molar-refractivity contribution in [3.8, 4) is 5.75 Å². The standard InChI is InChI=1S/C17H17NO4/c1-3-7-18-8-6-14(17(18)20)21-12-4-5-13-11(2)9-16(19)22-15(13)10-12/h3-5,9-10,14H,1,6-8H2,2H3. The van der Waals surface area contributed by atoms with E-state index in [1.807, 2.05) is 13.0 Å². The zero-order valence-electron chi connectivity index (χ0n) is 12.4. The Bertz CT molecular complexity index is 793. The molecule has 1 aromatic heterocycles. The van der Waals surface area contributed by atoms with Crippen LogP contribution in [0.2, 0.25) is 0 Å². The van der Waals surface area contributed by atoms with E-state index >= 15 is 0 Å². The monoisotopic (exact) mass is 299 g/mol. The highest BCUT2D eigenvalue weighted by molar-refractivity contribution is 5.84. The summed E-state index contributed by atoms with van der Waals surface area (Å²) in [5, 5.41) is 0.859. The lowest BCUT2D eigenvalue weighted by molar-refractivity contribution is -0.132. The highest BCUT2D eigenvalue weighted by Gasteiger charge is 2.32. The van der Waals surface area contributed by atoms with Gasteiger partial charge in [0, 0.05) is 37.0 Å². The van der Waals surface area contributed by atoms with Crippen molar-refractivity contribution >= 4 is 16.9 Å². The van der Waals surface area contributed by atoms with E-state index in [1.54, 1.807) is 23.1 Å². The van der Waals surface area contributed by atoms with Crippen LogP contribution in [-0.2, 0) is 4.79 Å². The van der Waals surface area contributed by atoms with Gasteiger partial charge >= 0.3 is 5.63 Å². The molecule has 2 aromatic rings. The lowest BCUT2D eigenvalue weighted by atomic mass is 10.1. The first-order valence-corrected chi connectivity index (χ1v) is 7.19. The lowest BCUT2D eigenvalue weighted by Gasteiger charge is -2.15. The number of hydrogen-bond acceptors (Lipinski definition) is 4. The average molecular weight is 299 g/mol. The quantitative estimate of drug-likeness (QED) is 0.642. The van der Waals surface area contributed by atoms with Crippen LogP contribution in [-0.4, -0.2) is 30.0 Å². The van der Waals surface area contributed by atoms with Crippen molar-refractivity contribution in [3.63, 3.8) is 0 Å². The largest absolute Gasteiger partial charge is 0.480 e. The van der Waals surface area contributed by atoms with Crippen molar-refractivity contribution in [2.45, 2.75) is 19.4 Å². The summed E-state index contributed by atoms with van der Waals surface area (Å²) in [6.07, 6.45) is 1.85. The molecule has 1 atom stereocenters. The van der Waals surface area contributed by atoms with Gasteiger partial charge in [0.1, 0.15) is 11.3 Å². The van der Waals surface area contributed by atoms with Crippen molar-refractivity contribution < 1.29 is 13.9 Å². The number of hydrogen-bond donors (Lipinski definition) is 0. The Kier molecular flexibility index (Phi) is 3.71. The van der Waals surface area contributed by atoms with Crippen molar-refractivity contribution in [2.24, 2.45) is 0 Å². The van der Waals surface area contributed by atoms with Crippen LogP contribution in [0.15, 0.2) is 46.1 Å². The number of rotatable bonds is 4. The topological polar surface area (TPSA) is 59.8 Å². The average Bonchev–Trinajstić information content (AvgIpc) is 2.80. The number of carbonyl (C=O) groups is 1. The zero-order chi connectivity index (χ0) is 15.7. The second-order valence-corrected chi connectivity index (χ2v) is 5.37. The van der Waals surface area contributed by atoms with Crippen LogP contribution < -0.4 is 10.4 Å². The smallest absolute Gasteiger partial charge is 0.336 e. The molecule has 22 heavy (non-hydrogen) atoms. The molecule has 1 saturated heterocycles. The summed E-state index contributed by atoms with van der Waals surface area (Å²) in [7, 11) is 0. The van der Waals surface area contributed by atoms with Gasteiger partial charge in [0.15, 0.2) is 6.10 Å². The molecular weight excluding hydrogens is 282 g/mol. The maximum Gasteiger partial charge on any atom is 0.336 e. The van der Waals surface area contributed by atoms with Gasteiger partial charge in [0.25, 0.3) is 5.91 Å². The van der Waals surface area contributed by atoms with Crippen LogP contribution in [0.25, 0.3) is 11.0 Å². The highest BCUT2D eigenvalue weighted by Crippen LogP contribution is 2.25. The molecule has 1 aromatic carbocycles. The molecule has 2 heterocycles.